The zero-order valence-electron chi connectivity index (χ0n) is 23.1. The van der Waals surface area contributed by atoms with Crippen molar-refractivity contribution in [3.8, 4) is 5.75 Å². The zero-order valence-corrected chi connectivity index (χ0v) is 23.9. The lowest BCUT2D eigenvalue weighted by atomic mass is 10.1. The summed E-state index contributed by atoms with van der Waals surface area (Å²) in [7, 11) is -2.99. The molecule has 2 amide bonds. The van der Waals surface area contributed by atoms with E-state index < -0.39 is 46.2 Å². The van der Waals surface area contributed by atoms with Gasteiger partial charge in [-0.1, -0.05) is 36.4 Å². The maximum atomic E-state index is 13.8. The molecule has 0 unspecified atom stereocenters. The number of benzene rings is 3. The molecule has 3 rings (SSSR count). The highest BCUT2D eigenvalue weighted by atomic mass is 32.2. The molecule has 41 heavy (non-hydrogen) atoms. The van der Waals surface area contributed by atoms with E-state index in [0.717, 1.165) is 12.1 Å². The maximum absolute atomic E-state index is 13.8. The van der Waals surface area contributed by atoms with Crippen molar-refractivity contribution in [2.75, 3.05) is 18.0 Å². The smallest absolute Gasteiger partial charge is 0.416 e. The summed E-state index contributed by atoms with van der Waals surface area (Å²) < 4.78 is 73.8. The number of hydrogen-bond donors (Lipinski definition) is 1. The summed E-state index contributed by atoms with van der Waals surface area (Å²) >= 11 is 0. The Morgan fingerprint density at radius 3 is 2.12 bits per heavy atom. The van der Waals surface area contributed by atoms with Crippen LogP contribution < -0.4 is 14.4 Å². The van der Waals surface area contributed by atoms with Crippen LogP contribution in [0, 0.1) is 0 Å². The summed E-state index contributed by atoms with van der Waals surface area (Å²) in [5, 5.41) is 2.74. The molecule has 220 valence electrons. The second kappa shape index (κ2) is 13.1. The number of methoxy groups -OCH3 is 1. The number of carbonyl (C=O) groups is 2. The average molecular weight is 592 g/mol. The molecule has 12 heteroatoms. The molecule has 0 heterocycles. The summed E-state index contributed by atoms with van der Waals surface area (Å²) in [4.78, 5) is 27.8. The summed E-state index contributed by atoms with van der Waals surface area (Å²) in [5.41, 5.74) is -0.795. The van der Waals surface area contributed by atoms with Gasteiger partial charge in [-0.15, -0.1) is 0 Å². The largest absolute Gasteiger partial charge is 0.497 e. The minimum Gasteiger partial charge on any atom is -0.497 e. The molecule has 0 aliphatic rings. The molecule has 0 aromatic heterocycles. The molecule has 8 nitrogen and oxygen atoms in total. The molecular weight excluding hydrogens is 559 g/mol. The Balaban J connectivity index is 2.07. The quantitative estimate of drug-likeness (QED) is 0.344. The Bertz CT molecular complexity index is 1450. The summed E-state index contributed by atoms with van der Waals surface area (Å²) in [6, 6.07) is 16.3. The Morgan fingerprint density at radius 1 is 0.927 bits per heavy atom. The third-order valence-electron chi connectivity index (χ3n) is 6.18. The number of carbonyl (C=O) groups excluding carboxylic acids is 2. The SMILES string of the molecule is COc1ccc(CN(C(=O)CN(c2cccc(C(F)(F)F)c2)S(=O)(=O)c2ccccc2)[C@H](C)C(=O)NC(C)C)cc1. The van der Waals surface area contributed by atoms with Crippen molar-refractivity contribution in [2.24, 2.45) is 0 Å². The van der Waals surface area contributed by atoms with E-state index >= 15 is 0 Å². The second-order valence-corrected chi connectivity index (χ2v) is 11.4. The fraction of sp³-hybridized carbons (Fsp3) is 0.310. The number of nitrogens with zero attached hydrogens (tertiary/aromatic N) is 2. The van der Waals surface area contributed by atoms with Crippen molar-refractivity contribution in [2.45, 2.75) is 50.5 Å². The highest BCUT2D eigenvalue weighted by Crippen LogP contribution is 2.33. The van der Waals surface area contributed by atoms with Gasteiger partial charge in [-0.2, -0.15) is 13.2 Å². The van der Waals surface area contributed by atoms with Gasteiger partial charge in [-0.25, -0.2) is 8.42 Å². The van der Waals surface area contributed by atoms with Crippen molar-refractivity contribution in [3.63, 3.8) is 0 Å². The summed E-state index contributed by atoms with van der Waals surface area (Å²) in [6.07, 6.45) is -4.74. The van der Waals surface area contributed by atoms with E-state index in [9.17, 15) is 31.2 Å². The van der Waals surface area contributed by atoms with Crippen LogP contribution in [0.25, 0.3) is 0 Å². The van der Waals surface area contributed by atoms with E-state index in [1.165, 1.54) is 49.3 Å². The molecule has 3 aromatic carbocycles. The number of nitrogens with one attached hydrogen (secondary N) is 1. The predicted molar refractivity (Wildman–Crippen MR) is 149 cm³/mol. The van der Waals surface area contributed by atoms with E-state index in [1.54, 1.807) is 44.2 Å². The number of ether oxygens (including phenoxy) is 1. The number of alkyl halides is 3. The Labute approximate surface area is 237 Å². The van der Waals surface area contributed by atoms with Crippen LogP contribution in [0.5, 0.6) is 5.75 Å². The Hall–Kier alpha value is -4.06. The van der Waals surface area contributed by atoms with E-state index in [2.05, 4.69) is 5.32 Å². The average Bonchev–Trinajstić information content (AvgIpc) is 2.94. The monoisotopic (exact) mass is 591 g/mol. The topological polar surface area (TPSA) is 96.0 Å². The van der Waals surface area contributed by atoms with Crippen LogP contribution >= 0.6 is 0 Å². The van der Waals surface area contributed by atoms with E-state index in [-0.39, 0.29) is 23.2 Å². The lowest BCUT2D eigenvalue weighted by molar-refractivity contribution is -0.139. The Morgan fingerprint density at radius 2 is 1.56 bits per heavy atom. The first-order valence-electron chi connectivity index (χ1n) is 12.7. The lowest BCUT2D eigenvalue weighted by Gasteiger charge is -2.32. The minimum atomic E-state index is -4.74. The van der Waals surface area contributed by atoms with Gasteiger partial charge in [0.2, 0.25) is 11.8 Å². The first kappa shape index (κ1) is 31.5. The molecular formula is C29H32F3N3O5S. The van der Waals surface area contributed by atoms with E-state index in [0.29, 0.717) is 21.7 Å². The molecule has 0 radical (unpaired) electrons. The van der Waals surface area contributed by atoms with Crippen LogP contribution in [-0.2, 0) is 32.3 Å². The second-order valence-electron chi connectivity index (χ2n) is 9.58. The van der Waals surface area contributed by atoms with Gasteiger partial charge in [0.05, 0.1) is 23.3 Å². The maximum Gasteiger partial charge on any atom is 0.416 e. The van der Waals surface area contributed by atoms with Gasteiger partial charge in [-0.3, -0.25) is 13.9 Å². The van der Waals surface area contributed by atoms with Gasteiger partial charge in [0.25, 0.3) is 10.0 Å². The normalized spacial score (nSPS) is 12.5. The number of sulfonamides is 1. The molecule has 0 aliphatic carbocycles. The van der Waals surface area contributed by atoms with Gasteiger partial charge in [0, 0.05) is 12.6 Å². The first-order chi connectivity index (χ1) is 19.2. The number of hydrogen-bond acceptors (Lipinski definition) is 5. The highest BCUT2D eigenvalue weighted by Gasteiger charge is 2.35. The number of anilines is 1. The molecule has 0 bridgehead atoms. The molecule has 1 N–H and O–H groups in total. The van der Waals surface area contributed by atoms with Crippen LogP contribution in [-0.4, -0.2) is 50.9 Å². The standard InChI is InChI=1S/C29H32F3N3O5S/c1-20(2)33-28(37)21(3)34(18-22-13-15-25(40-4)16-14-22)27(36)19-35(41(38,39)26-11-6-5-7-12-26)24-10-8-9-23(17-24)29(30,31)32/h5-17,20-21H,18-19H2,1-4H3,(H,33,37)/t21-/m1/s1. The molecule has 0 spiro atoms. The molecule has 3 aromatic rings. The number of amides is 2. The molecule has 0 saturated heterocycles. The van der Waals surface area contributed by atoms with Gasteiger partial charge < -0.3 is 15.0 Å². The molecule has 0 saturated carbocycles. The molecule has 1 atom stereocenters. The van der Waals surface area contributed by atoms with Crippen LogP contribution in [0.2, 0.25) is 0 Å². The number of rotatable bonds is 11. The predicted octanol–water partition coefficient (Wildman–Crippen LogP) is 4.85. The third kappa shape index (κ3) is 8.00. The number of halogens is 3. The van der Waals surface area contributed by atoms with Gasteiger partial charge in [0.1, 0.15) is 18.3 Å². The van der Waals surface area contributed by atoms with Gasteiger partial charge >= 0.3 is 6.18 Å². The zero-order chi connectivity index (χ0) is 30.4. The fourth-order valence-corrected chi connectivity index (χ4v) is 5.43. The Kier molecular flexibility index (Phi) is 10.0. The van der Waals surface area contributed by atoms with E-state index in [4.69, 9.17) is 4.74 Å². The lowest BCUT2D eigenvalue weighted by Crippen LogP contribution is -2.52. The third-order valence-corrected chi connectivity index (χ3v) is 7.97. The van der Waals surface area contributed by atoms with Gasteiger partial charge in [-0.05, 0) is 68.8 Å². The summed E-state index contributed by atoms with van der Waals surface area (Å²) in [5.74, 6) is -0.690. The fourth-order valence-electron chi connectivity index (χ4n) is 4.00. The van der Waals surface area contributed by atoms with E-state index in [1.807, 2.05) is 0 Å². The van der Waals surface area contributed by atoms with Crippen molar-refractivity contribution >= 4 is 27.5 Å². The molecule has 0 aliphatic heterocycles. The van der Waals surface area contributed by atoms with Crippen LogP contribution in [0.3, 0.4) is 0 Å². The van der Waals surface area contributed by atoms with Gasteiger partial charge in [0.15, 0.2) is 0 Å². The van der Waals surface area contributed by atoms with Crippen LogP contribution in [0.15, 0.2) is 83.8 Å². The van der Waals surface area contributed by atoms with Crippen LogP contribution in [0.4, 0.5) is 18.9 Å². The van der Waals surface area contributed by atoms with Crippen molar-refractivity contribution in [3.05, 3.63) is 90.0 Å². The van der Waals surface area contributed by atoms with Crippen molar-refractivity contribution in [1.29, 1.82) is 0 Å². The minimum absolute atomic E-state index is 0.0721. The van der Waals surface area contributed by atoms with Crippen LogP contribution in [0.1, 0.15) is 31.9 Å². The summed E-state index contributed by atoms with van der Waals surface area (Å²) in [6.45, 7) is 4.08. The van der Waals surface area contributed by atoms with Crippen molar-refractivity contribution in [1.82, 2.24) is 10.2 Å². The highest BCUT2D eigenvalue weighted by molar-refractivity contribution is 7.92. The molecule has 0 fully saturated rings. The first-order valence-corrected chi connectivity index (χ1v) is 14.2. The van der Waals surface area contributed by atoms with Crippen molar-refractivity contribution < 1.29 is 35.9 Å².